The molecule has 1 aliphatic heterocycles. The normalized spacial score (nSPS) is 24.7. The molecule has 14 nitrogen and oxygen atoms in total. The number of aliphatic hydroxyl groups is 1. The first-order valence-corrected chi connectivity index (χ1v) is 14.6. The van der Waals surface area contributed by atoms with Crippen LogP contribution in [0.1, 0.15) is 40.8 Å². The Kier molecular flexibility index (Phi) is 9.14. The van der Waals surface area contributed by atoms with Crippen LogP contribution in [0.25, 0.3) is 11.2 Å². The molecular weight excluding hydrogens is 560 g/mol. The molecule has 0 radical (unpaired) electrons. The summed E-state index contributed by atoms with van der Waals surface area (Å²) in [4.78, 5) is 25.0. The van der Waals surface area contributed by atoms with Gasteiger partial charge in [0.05, 0.1) is 19.0 Å². The Bertz CT molecular complexity index is 1410. The summed E-state index contributed by atoms with van der Waals surface area (Å²) in [5.41, 5.74) is 4.03. The van der Waals surface area contributed by atoms with Crippen molar-refractivity contribution in [2.45, 2.75) is 70.9 Å². The monoisotopic (exact) mass is 595 g/mol. The largest absolute Gasteiger partial charge is 0.462 e. The predicted octanol–water partition coefficient (Wildman–Crippen LogP) is 2.96. The third-order valence-corrected chi connectivity index (χ3v) is 7.83. The number of rotatable bonds is 12. The van der Waals surface area contributed by atoms with Gasteiger partial charge in [0, 0.05) is 6.54 Å². The number of fused-ring (bicyclic) bond motifs is 1. The molecule has 0 spiro atoms. The lowest BCUT2D eigenvalue weighted by Crippen LogP contribution is -2.41. The molecule has 0 aliphatic carbocycles. The fourth-order valence-corrected chi connectivity index (χ4v) is 5.75. The smallest absolute Gasteiger partial charge is 0.459 e. The summed E-state index contributed by atoms with van der Waals surface area (Å²) in [5.74, 6) is -0.195. The van der Waals surface area contributed by atoms with Crippen LogP contribution in [0.3, 0.4) is 0 Å². The number of aliphatic hydroxyl groups excluding tert-OH is 1. The average Bonchev–Trinajstić information content (AvgIpc) is 3.41. The van der Waals surface area contributed by atoms with Gasteiger partial charge in [-0.15, -0.1) is 0 Å². The van der Waals surface area contributed by atoms with Gasteiger partial charge >= 0.3 is 13.7 Å². The number of halogens is 1. The molecule has 0 saturated carbocycles. The fraction of sp³-hybridized carbons (Fsp3) is 0.520. The van der Waals surface area contributed by atoms with E-state index in [2.05, 4.69) is 25.4 Å². The van der Waals surface area contributed by atoms with Gasteiger partial charge in [0.2, 0.25) is 5.95 Å². The SMILES string of the molecule is CCNc1nc(N)nc2c1ncn2[C@@H]1O[C@H](CO[P@@](=O)(N[C@H](C)C(=O)OC(C)C)Oc2ccccc2)[C@@H](O)[C@@]1(C)F. The van der Waals surface area contributed by atoms with Crippen LogP contribution in [0.4, 0.5) is 16.2 Å². The average molecular weight is 596 g/mol. The van der Waals surface area contributed by atoms with E-state index in [1.165, 1.54) is 17.8 Å². The van der Waals surface area contributed by atoms with Crippen molar-refractivity contribution in [3.8, 4) is 5.75 Å². The van der Waals surface area contributed by atoms with Crippen molar-refractivity contribution in [2.24, 2.45) is 0 Å². The van der Waals surface area contributed by atoms with Crippen LogP contribution < -0.4 is 20.7 Å². The number of nitrogens with two attached hydrogens (primary N) is 1. The molecule has 5 N–H and O–H groups in total. The Balaban J connectivity index is 1.56. The molecule has 6 atom stereocenters. The van der Waals surface area contributed by atoms with Gasteiger partial charge in [-0.1, -0.05) is 18.2 Å². The van der Waals surface area contributed by atoms with E-state index in [0.29, 0.717) is 17.9 Å². The maximum absolute atomic E-state index is 16.0. The zero-order valence-electron chi connectivity index (χ0n) is 23.4. The number of carbonyl (C=O) groups is 1. The molecular formula is C25H35FN7O7P. The van der Waals surface area contributed by atoms with Crippen LogP contribution in [-0.4, -0.2) is 73.8 Å². The summed E-state index contributed by atoms with van der Waals surface area (Å²) >= 11 is 0. The number of aromatic nitrogens is 4. The standard InChI is InChI=1S/C25H35FN7O7P/c1-6-28-20-18-21(31-24(27)30-20)33(13-29-18)23-25(5,26)19(34)17(39-23)12-37-41(36,40-16-10-8-7-9-11-16)32-15(4)22(35)38-14(2)3/h7-11,13-15,17,19,23,34H,6,12H2,1-5H3,(H,32,36)(H3,27,28,30,31)/t15-,17-,19-,23-,25-,41+/m1/s1. The van der Waals surface area contributed by atoms with Gasteiger partial charge in [0.25, 0.3) is 0 Å². The second kappa shape index (κ2) is 12.2. The number of ether oxygens (including phenoxy) is 2. The first kappa shape index (κ1) is 30.6. The summed E-state index contributed by atoms with van der Waals surface area (Å²) in [6.07, 6.45) is -3.51. The Labute approximate surface area is 236 Å². The van der Waals surface area contributed by atoms with Crippen LogP contribution in [0.2, 0.25) is 0 Å². The Morgan fingerprint density at radius 2 is 2.00 bits per heavy atom. The predicted molar refractivity (Wildman–Crippen MR) is 148 cm³/mol. The molecule has 1 aliphatic rings. The zero-order chi connectivity index (χ0) is 29.9. The molecule has 224 valence electrons. The number of alkyl halides is 1. The molecule has 0 amide bonds. The summed E-state index contributed by atoms with van der Waals surface area (Å²) in [6, 6.07) is 7.06. The molecule has 3 aromatic rings. The van der Waals surface area contributed by atoms with Crippen LogP contribution in [0.5, 0.6) is 5.75 Å². The quantitative estimate of drug-likeness (QED) is 0.177. The third-order valence-electron chi connectivity index (χ3n) is 6.19. The van der Waals surface area contributed by atoms with Crippen molar-refractivity contribution < 1.29 is 37.4 Å². The van der Waals surface area contributed by atoms with E-state index in [1.54, 1.807) is 44.2 Å². The van der Waals surface area contributed by atoms with Gasteiger partial charge in [-0.25, -0.2) is 13.9 Å². The van der Waals surface area contributed by atoms with Crippen molar-refractivity contribution in [1.29, 1.82) is 0 Å². The van der Waals surface area contributed by atoms with E-state index >= 15 is 4.39 Å². The minimum absolute atomic E-state index is 0.0654. The van der Waals surface area contributed by atoms with Crippen LogP contribution in [0, 0.1) is 0 Å². The van der Waals surface area contributed by atoms with Crippen molar-refractivity contribution >= 4 is 36.6 Å². The van der Waals surface area contributed by atoms with Gasteiger partial charge in [-0.2, -0.15) is 15.1 Å². The second-order valence-electron chi connectivity index (χ2n) is 9.94. The van der Waals surface area contributed by atoms with E-state index in [9.17, 15) is 14.5 Å². The molecule has 4 rings (SSSR count). The highest BCUT2D eigenvalue weighted by Crippen LogP contribution is 2.48. The first-order valence-electron chi connectivity index (χ1n) is 13.1. The Morgan fingerprint density at radius 3 is 2.66 bits per heavy atom. The number of nitrogen functional groups attached to an aromatic ring is 1. The van der Waals surface area contributed by atoms with Gasteiger partial charge in [0.15, 0.2) is 28.9 Å². The number of anilines is 2. The van der Waals surface area contributed by atoms with Crippen molar-refractivity contribution in [3.05, 3.63) is 36.7 Å². The summed E-state index contributed by atoms with van der Waals surface area (Å²) in [6.45, 7) is 7.78. The lowest BCUT2D eigenvalue weighted by molar-refractivity contribution is -0.149. The molecule has 16 heteroatoms. The van der Waals surface area contributed by atoms with E-state index < -0.39 is 56.6 Å². The number of hydrogen-bond donors (Lipinski definition) is 4. The van der Waals surface area contributed by atoms with Gasteiger partial charge in [0.1, 0.15) is 24.0 Å². The van der Waals surface area contributed by atoms with Crippen LogP contribution >= 0.6 is 7.75 Å². The van der Waals surface area contributed by atoms with Crippen molar-refractivity contribution in [2.75, 3.05) is 24.2 Å². The Hall–Kier alpha value is -3.36. The molecule has 41 heavy (non-hydrogen) atoms. The lowest BCUT2D eigenvalue weighted by atomic mass is 9.98. The van der Waals surface area contributed by atoms with Gasteiger partial charge in [-0.05, 0) is 46.8 Å². The first-order chi connectivity index (χ1) is 19.3. The van der Waals surface area contributed by atoms with Gasteiger partial charge in [-0.3, -0.25) is 13.9 Å². The summed E-state index contributed by atoms with van der Waals surface area (Å²) < 4.78 is 53.4. The van der Waals surface area contributed by atoms with Gasteiger partial charge < -0.3 is 30.2 Å². The Morgan fingerprint density at radius 1 is 1.29 bits per heavy atom. The molecule has 1 fully saturated rings. The van der Waals surface area contributed by atoms with Crippen molar-refractivity contribution in [1.82, 2.24) is 24.6 Å². The highest BCUT2D eigenvalue weighted by molar-refractivity contribution is 7.52. The molecule has 1 aromatic carbocycles. The number of imidazole rings is 1. The lowest BCUT2D eigenvalue weighted by Gasteiger charge is -2.25. The number of para-hydroxylation sites is 1. The summed E-state index contributed by atoms with van der Waals surface area (Å²) in [5, 5.41) is 16.5. The van der Waals surface area contributed by atoms with Crippen molar-refractivity contribution in [3.63, 3.8) is 0 Å². The van der Waals surface area contributed by atoms with Crippen LogP contribution in [-0.2, 0) is 23.4 Å². The number of nitrogens with one attached hydrogen (secondary N) is 2. The number of benzene rings is 1. The summed E-state index contributed by atoms with van der Waals surface area (Å²) in [7, 11) is -4.28. The highest BCUT2D eigenvalue weighted by Gasteiger charge is 2.56. The minimum Gasteiger partial charge on any atom is -0.462 e. The minimum atomic E-state index is -4.28. The molecule has 2 aromatic heterocycles. The molecule has 0 unspecified atom stereocenters. The third kappa shape index (κ3) is 6.76. The second-order valence-corrected chi connectivity index (χ2v) is 11.6. The fourth-order valence-electron chi connectivity index (χ4n) is 4.25. The topological polar surface area (TPSA) is 185 Å². The van der Waals surface area contributed by atoms with E-state index in [-0.39, 0.29) is 17.3 Å². The van der Waals surface area contributed by atoms with E-state index in [1.807, 2.05) is 6.92 Å². The number of esters is 1. The number of nitrogens with zero attached hydrogens (tertiary/aromatic N) is 4. The molecule has 1 saturated heterocycles. The number of carbonyl (C=O) groups excluding carboxylic acids is 1. The molecule has 0 bridgehead atoms. The molecule has 3 heterocycles. The number of hydrogen-bond acceptors (Lipinski definition) is 12. The van der Waals surface area contributed by atoms with E-state index in [4.69, 9.17) is 24.3 Å². The maximum atomic E-state index is 16.0. The van der Waals surface area contributed by atoms with E-state index in [0.717, 1.165) is 6.92 Å². The maximum Gasteiger partial charge on any atom is 0.459 e. The van der Waals surface area contributed by atoms with Crippen LogP contribution in [0.15, 0.2) is 36.7 Å². The highest BCUT2D eigenvalue weighted by atomic mass is 31.2. The zero-order valence-corrected chi connectivity index (χ0v) is 24.2.